The Morgan fingerprint density at radius 2 is 2.07 bits per heavy atom. The van der Waals surface area contributed by atoms with Crippen molar-refractivity contribution < 1.29 is 27.8 Å². The van der Waals surface area contributed by atoms with Gasteiger partial charge in [0.25, 0.3) is 0 Å². The van der Waals surface area contributed by atoms with Gasteiger partial charge in [-0.15, -0.1) is 0 Å². The number of aliphatic carboxylic acids is 1. The number of allylic oxidation sites excluding steroid dienone is 2. The number of nitrogens with one attached hydrogen (secondary N) is 1. The monoisotopic (exact) mass is 384 g/mol. The molecule has 1 aromatic heterocycles. The fourth-order valence-electron chi connectivity index (χ4n) is 2.23. The molecule has 0 amide bonds. The second-order valence-electron chi connectivity index (χ2n) is 5.51. The van der Waals surface area contributed by atoms with E-state index in [4.69, 9.17) is 14.6 Å². The second-order valence-corrected chi connectivity index (χ2v) is 5.51. The summed E-state index contributed by atoms with van der Waals surface area (Å²) in [5, 5.41) is 7.12. The van der Waals surface area contributed by atoms with Crippen molar-refractivity contribution in [2.75, 3.05) is 6.61 Å². The minimum absolute atomic E-state index is 0.716. The van der Waals surface area contributed by atoms with E-state index in [2.05, 4.69) is 48.1 Å². The molecule has 0 aliphatic rings. The van der Waals surface area contributed by atoms with Gasteiger partial charge in [0.15, 0.2) is 0 Å². The fourth-order valence-corrected chi connectivity index (χ4v) is 2.23. The number of benzene rings is 1. The van der Waals surface area contributed by atoms with Crippen LogP contribution < -0.4 is 4.74 Å². The molecular weight excluding hydrogens is 361 g/mol. The number of ether oxygens (including phenoxy) is 1. The van der Waals surface area contributed by atoms with Crippen molar-refractivity contribution in [1.82, 2.24) is 9.97 Å². The second kappa shape index (κ2) is 11.1. The standard InChI is InChI=1S/C17H22N2O.C2HF3O2/c1-3-14(4-2)15-7-5-9-17(11-15)20-10-6-8-16-12-18-13-19-16;3-2(4,5)1(6)7/h3,5,7,9,11-13H,4,6,8,10H2,1-2H3,(H,18,19);(H,6,7). The van der Waals surface area contributed by atoms with Crippen molar-refractivity contribution in [3.05, 3.63) is 54.1 Å². The summed E-state index contributed by atoms with van der Waals surface area (Å²) < 4.78 is 37.6. The highest BCUT2D eigenvalue weighted by Gasteiger charge is 2.38. The summed E-state index contributed by atoms with van der Waals surface area (Å²) in [4.78, 5) is 16.1. The molecule has 0 saturated carbocycles. The first-order valence-corrected chi connectivity index (χ1v) is 8.44. The van der Waals surface area contributed by atoms with E-state index in [1.165, 1.54) is 11.1 Å². The van der Waals surface area contributed by atoms with Crippen molar-refractivity contribution in [2.45, 2.75) is 39.3 Å². The molecule has 2 N–H and O–H groups in total. The molecule has 1 heterocycles. The molecule has 1 aromatic carbocycles. The molecule has 0 spiro atoms. The highest BCUT2D eigenvalue weighted by molar-refractivity contribution is 5.73. The summed E-state index contributed by atoms with van der Waals surface area (Å²) >= 11 is 0. The van der Waals surface area contributed by atoms with Crippen LogP contribution in [0.5, 0.6) is 5.75 Å². The summed E-state index contributed by atoms with van der Waals surface area (Å²) in [6, 6.07) is 8.32. The Morgan fingerprint density at radius 1 is 1.37 bits per heavy atom. The SMILES string of the molecule is CC=C(CC)c1cccc(OCCCc2c[nH]cn2)c1.O=C(O)C(F)(F)F. The van der Waals surface area contributed by atoms with E-state index in [1.807, 2.05) is 12.3 Å². The topological polar surface area (TPSA) is 75.2 Å². The number of nitrogens with zero attached hydrogens (tertiary/aromatic N) is 1. The van der Waals surface area contributed by atoms with Gasteiger partial charge in [0.1, 0.15) is 5.75 Å². The molecule has 0 bridgehead atoms. The van der Waals surface area contributed by atoms with Crippen LogP contribution in [0.15, 0.2) is 42.9 Å². The van der Waals surface area contributed by atoms with Crippen LogP contribution in [0.2, 0.25) is 0 Å². The summed E-state index contributed by atoms with van der Waals surface area (Å²) in [7, 11) is 0. The van der Waals surface area contributed by atoms with E-state index in [1.54, 1.807) is 6.33 Å². The number of aryl methyl sites for hydroxylation is 1. The number of carboxylic acid groups (broad SMARTS) is 1. The Balaban J connectivity index is 0.000000445. The molecule has 0 aliphatic heterocycles. The smallest absolute Gasteiger partial charge is 0.490 e. The zero-order valence-electron chi connectivity index (χ0n) is 15.2. The lowest BCUT2D eigenvalue weighted by Gasteiger charge is -2.09. The van der Waals surface area contributed by atoms with Crippen LogP contribution in [-0.2, 0) is 11.2 Å². The van der Waals surface area contributed by atoms with Gasteiger partial charge in [0.05, 0.1) is 18.6 Å². The van der Waals surface area contributed by atoms with Gasteiger partial charge in [-0.3, -0.25) is 0 Å². The van der Waals surface area contributed by atoms with E-state index < -0.39 is 12.1 Å². The minimum Gasteiger partial charge on any atom is -0.494 e. The number of aromatic amines is 1. The number of hydrogen-bond acceptors (Lipinski definition) is 3. The average Bonchev–Trinajstić information content (AvgIpc) is 3.13. The quantitative estimate of drug-likeness (QED) is 0.668. The van der Waals surface area contributed by atoms with Gasteiger partial charge in [-0.1, -0.05) is 25.1 Å². The third kappa shape index (κ3) is 8.44. The first-order valence-electron chi connectivity index (χ1n) is 8.44. The molecular formula is C19H23F3N2O3. The average molecular weight is 384 g/mol. The Labute approximate surface area is 155 Å². The van der Waals surface area contributed by atoms with E-state index in [9.17, 15) is 13.2 Å². The number of imidazole rings is 1. The number of carbonyl (C=O) groups is 1. The third-order valence-electron chi connectivity index (χ3n) is 3.58. The lowest BCUT2D eigenvalue weighted by atomic mass is 10.0. The lowest BCUT2D eigenvalue weighted by Crippen LogP contribution is -2.21. The molecule has 0 atom stereocenters. The Bertz CT molecular complexity index is 726. The van der Waals surface area contributed by atoms with Crippen LogP contribution in [0.4, 0.5) is 13.2 Å². The zero-order valence-corrected chi connectivity index (χ0v) is 15.2. The number of halogens is 3. The number of rotatable bonds is 7. The molecule has 0 unspecified atom stereocenters. The molecule has 148 valence electrons. The van der Waals surface area contributed by atoms with Crippen molar-refractivity contribution in [3.8, 4) is 5.75 Å². The molecule has 27 heavy (non-hydrogen) atoms. The van der Waals surface area contributed by atoms with Crippen molar-refractivity contribution in [3.63, 3.8) is 0 Å². The van der Waals surface area contributed by atoms with E-state index in [-0.39, 0.29) is 0 Å². The van der Waals surface area contributed by atoms with E-state index in [0.29, 0.717) is 6.61 Å². The largest absolute Gasteiger partial charge is 0.494 e. The predicted molar refractivity (Wildman–Crippen MR) is 96.5 cm³/mol. The molecule has 2 rings (SSSR count). The van der Waals surface area contributed by atoms with E-state index in [0.717, 1.165) is 30.7 Å². The molecule has 0 saturated heterocycles. The Hall–Kier alpha value is -2.77. The maximum atomic E-state index is 10.6. The van der Waals surface area contributed by atoms with Gasteiger partial charge < -0.3 is 14.8 Å². The molecule has 0 radical (unpaired) electrons. The fraction of sp³-hybridized carbons (Fsp3) is 0.368. The normalized spacial score (nSPS) is 11.5. The summed E-state index contributed by atoms with van der Waals surface area (Å²) in [5.74, 6) is -1.81. The third-order valence-corrected chi connectivity index (χ3v) is 3.58. The highest BCUT2D eigenvalue weighted by Crippen LogP contribution is 2.22. The van der Waals surface area contributed by atoms with Gasteiger partial charge in [-0.2, -0.15) is 13.2 Å². The molecule has 2 aromatic rings. The zero-order chi connectivity index (χ0) is 20.3. The Kier molecular flexibility index (Phi) is 9.12. The molecule has 8 heteroatoms. The molecule has 5 nitrogen and oxygen atoms in total. The predicted octanol–water partition coefficient (Wildman–Crippen LogP) is 4.87. The number of hydrogen-bond donors (Lipinski definition) is 2. The van der Waals surface area contributed by atoms with Gasteiger partial charge in [-0.05, 0) is 49.5 Å². The van der Waals surface area contributed by atoms with Gasteiger partial charge in [-0.25, -0.2) is 9.78 Å². The van der Waals surface area contributed by atoms with Crippen molar-refractivity contribution in [1.29, 1.82) is 0 Å². The lowest BCUT2D eigenvalue weighted by molar-refractivity contribution is -0.192. The maximum absolute atomic E-state index is 10.6. The maximum Gasteiger partial charge on any atom is 0.490 e. The number of carboxylic acids is 1. The number of aromatic nitrogens is 2. The van der Waals surface area contributed by atoms with Crippen LogP contribution in [0.25, 0.3) is 5.57 Å². The highest BCUT2D eigenvalue weighted by atomic mass is 19.4. The molecule has 0 fully saturated rings. The molecule has 0 aliphatic carbocycles. The van der Waals surface area contributed by atoms with E-state index >= 15 is 0 Å². The van der Waals surface area contributed by atoms with Crippen molar-refractivity contribution in [2.24, 2.45) is 0 Å². The summed E-state index contributed by atoms with van der Waals surface area (Å²) in [5.41, 5.74) is 3.69. The number of alkyl halides is 3. The van der Waals surface area contributed by atoms with Crippen LogP contribution in [-0.4, -0.2) is 33.8 Å². The van der Waals surface area contributed by atoms with Crippen LogP contribution >= 0.6 is 0 Å². The van der Waals surface area contributed by atoms with Crippen LogP contribution in [0, 0.1) is 0 Å². The first-order chi connectivity index (χ1) is 12.8. The van der Waals surface area contributed by atoms with Gasteiger partial charge >= 0.3 is 12.1 Å². The van der Waals surface area contributed by atoms with Crippen LogP contribution in [0.1, 0.15) is 37.9 Å². The minimum atomic E-state index is -5.08. The van der Waals surface area contributed by atoms with Gasteiger partial charge in [0.2, 0.25) is 0 Å². The first kappa shape index (κ1) is 22.3. The summed E-state index contributed by atoms with van der Waals surface area (Å²) in [6.07, 6.45) is 3.68. The van der Waals surface area contributed by atoms with Gasteiger partial charge in [0, 0.05) is 6.20 Å². The van der Waals surface area contributed by atoms with Crippen molar-refractivity contribution >= 4 is 11.5 Å². The number of H-pyrrole nitrogens is 1. The Morgan fingerprint density at radius 3 is 2.59 bits per heavy atom. The summed E-state index contributed by atoms with van der Waals surface area (Å²) in [6.45, 7) is 4.97. The van der Waals surface area contributed by atoms with Crippen LogP contribution in [0.3, 0.4) is 0 Å².